The van der Waals surface area contributed by atoms with Gasteiger partial charge in [0.25, 0.3) is 11.6 Å². The average Bonchev–Trinajstić information content (AvgIpc) is 2.54. The van der Waals surface area contributed by atoms with Crippen LogP contribution in [0.4, 0.5) is 11.4 Å². The van der Waals surface area contributed by atoms with Gasteiger partial charge in [-0.1, -0.05) is 17.7 Å². The number of nitrogens with zero attached hydrogens (tertiary/aromatic N) is 1. The van der Waals surface area contributed by atoms with Gasteiger partial charge in [0.2, 0.25) is 0 Å². The maximum Gasteiger partial charge on any atom is 0.271 e. The van der Waals surface area contributed by atoms with Crippen molar-refractivity contribution >= 4 is 46.2 Å². The second kappa shape index (κ2) is 7.57. The van der Waals surface area contributed by atoms with Gasteiger partial charge in [-0.3, -0.25) is 25.8 Å². The normalized spacial score (nSPS) is 9.88. The number of carbonyl (C=O) groups excluding carboxylic acids is 1. The van der Waals surface area contributed by atoms with Gasteiger partial charge >= 0.3 is 0 Å². The second-order valence-corrected chi connectivity index (χ2v) is 5.32. The van der Waals surface area contributed by atoms with Gasteiger partial charge in [0.05, 0.1) is 15.6 Å². The number of hydrazine groups is 1. The number of rotatable bonds is 3. The van der Waals surface area contributed by atoms with Gasteiger partial charge in [0.15, 0.2) is 5.11 Å². The van der Waals surface area contributed by atoms with Gasteiger partial charge in [-0.05, 0) is 36.5 Å². The van der Waals surface area contributed by atoms with Gasteiger partial charge in [0, 0.05) is 17.7 Å². The van der Waals surface area contributed by atoms with Crippen LogP contribution in [0.15, 0.2) is 42.5 Å². The third kappa shape index (κ3) is 4.54. The predicted octanol–water partition coefficient (Wildman–Crippen LogP) is 2.59. The first-order valence-corrected chi connectivity index (χ1v) is 7.26. The Morgan fingerprint density at radius 3 is 2.62 bits per heavy atom. The number of thiocarbonyl (C=S) groups is 1. The molecule has 0 spiro atoms. The molecule has 0 atom stereocenters. The highest BCUT2D eigenvalue weighted by Crippen LogP contribution is 2.26. The van der Waals surface area contributed by atoms with Crippen LogP contribution in [0.5, 0.6) is 5.75 Å². The fourth-order valence-electron chi connectivity index (χ4n) is 1.71. The number of hydrogen-bond donors (Lipinski definition) is 4. The second-order valence-electron chi connectivity index (χ2n) is 4.50. The van der Waals surface area contributed by atoms with Crippen LogP contribution in [0.25, 0.3) is 0 Å². The summed E-state index contributed by atoms with van der Waals surface area (Å²) in [6.07, 6.45) is 0. The summed E-state index contributed by atoms with van der Waals surface area (Å²) in [6, 6.07) is 9.57. The van der Waals surface area contributed by atoms with E-state index in [1.165, 1.54) is 42.5 Å². The molecule has 0 radical (unpaired) electrons. The molecule has 0 aliphatic rings. The van der Waals surface area contributed by atoms with Crippen LogP contribution < -0.4 is 16.2 Å². The van der Waals surface area contributed by atoms with E-state index in [-0.39, 0.29) is 32.8 Å². The number of hydrogen-bond acceptors (Lipinski definition) is 5. The minimum Gasteiger partial charge on any atom is -0.508 e. The van der Waals surface area contributed by atoms with Gasteiger partial charge in [-0.15, -0.1) is 0 Å². The van der Waals surface area contributed by atoms with Crippen LogP contribution in [0.1, 0.15) is 10.4 Å². The molecule has 2 aromatic rings. The zero-order valence-corrected chi connectivity index (χ0v) is 13.5. The molecule has 24 heavy (non-hydrogen) atoms. The maximum absolute atomic E-state index is 11.9. The summed E-state index contributed by atoms with van der Waals surface area (Å²) >= 11 is 10.9. The monoisotopic (exact) mass is 366 g/mol. The quantitative estimate of drug-likeness (QED) is 0.374. The molecule has 2 rings (SSSR count). The van der Waals surface area contributed by atoms with Gasteiger partial charge in [-0.25, -0.2) is 0 Å². The number of nitrogens with one attached hydrogen (secondary N) is 3. The van der Waals surface area contributed by atoms with Crippen LogP contribution in [-0.4, -0.2) is 21.0 Å². The Labute approximate surface area is 146 Å². The lowest BCUT2D eigenvalue weighted by Crippen LogP contribution is -2.43. The third-order valence-electron chi connectivity index (χ3n) is 2.81. The van der Waals surface area contributed by atoms with E-state index in [2.05, 4.69) is 16.2 Å². The van der Waals surface area contributed by atoms with Gasteiger partial charge < -0.3 is 10.4 Å². The Hall–Kier alpha value is -2.91. The Morgan fingerprint density at radius 1 is 1.21 bits per heavy atom. The molecule has 0 saturated carbocycles. The van der Waals surface area contributed by atoms with Crippen molar-refractivity contribution in [2.75, 3.05) is 5.32 Å². The van der Waals surface area contributed by atoms with Crippen LogP contribution >= 0.6 is 23.8 Å². The van der Waals surface area contributed by atoms with Crippen molar-refractivity contribution in [1.82, 2.24) is 10.9 Å². The standard InChI is InChI=1S/C14H11ClN4O4S/c15-11-5-4-9(19(22)23)7-12(11)16-14(24)18-17-13(21)8-2-1-3-10(20)6-8/h1-7,20H,(H,17,21)(H2,16,18,24). The van der Waals surface area contributed by atoms with E-state index in [0.29, 0.717) is 0 Å². The molecule has 4 N–H and O–H groups in total. The summed E-state index contributed by atoms with van der Waals surface area (Å²) < 4.78 is 0. The molecule has 0 bridgehead atoms. The Bertz CT molecular complexity index is 815. The van der Waals surface area contributed by atoms with Gasteiger partial charge in [-0.2, -0.15) is 0 Å². The van der Waals surface area contributed by atoms with Gasteiger partial charge in [0.1, 0.15) is 5.75 Å². The topological polar surface area (TPSA) is 117 Å². The lowest BCUT2D eigenvalue weighted by atomic mass is 10.2. The number of phenols is 1. The molecular formula is C14H11ClN4O4S. The van der Waals surface area contributed by atoms with Crippen LogP contribution in [0, 0.1) is 10.1 Å². The summed E-state index contributed by atoms with van der Waals surface area (Å²) in [4.78, 5) is 22.1. The molecule has 0 heterocycles. The number of aromatic hydroxyl groups is 1. The Morgan fingerprint density at radius 2 is 1.96 bits per heavy atom. The van der Waals surface area contributed by atoms with Crippen molar-refractivity contribution < 1.29 is 14.8 Å². The molecule has 8 nitrogen and oxygen atoms in total. The van der Waals surface area contributed by atoms with E-state index >= 15 is 0 Å². The van der Waals surface area contributed by atoms with E-state index in [1.54, 1.807) is 0 Å². The largest absolute Gasteiger partial charge is 0.508 e. The summed E-state index contributed by atoms with van der Waals surface area (Å²) in [7, 11) is 0. The van der Waals surface area contributed by atoms with Crippen molar-refractivity contribution in [3.05, 3.63) is 63.2 Å². The number of nitro benzene ring substituents is 1. The van der Waals surface area contributed by atoms with E-state index in [4.69, 9.17) is 23.8 Å². The Balaban J connectivity index is 1.97. The summed E-state index contributed by atoms with van der Waals surface area (Å²) in [5.41, 5.74) is 5.04. The first-order valence-electron chi connectivity index (χ1n) is 6.47. The minimum absolute atomic E-state index is 0.0223. The lowest BCUT2D eigenvalue weighted by molar-refractivity contribution is -0.384. The number of nitro groups is 1. The molecule has 0 saturated heterocycles. The van der Waals surface area contributed by atoms with Crippen LogP contribution in [0.2, 0.25) is 5.02 Å². The molecule has 2 aromatic carbocycles. The fourth-order valence-corrected chi connectivity index (χ4v) is 2.03. The predicted molar refractivity (Wildman–Crippen MR) is 93.0 cm³/mol. The number of halogens is 1. The van der Waals surface area contributed by atoms with E-state index in [9.17, 15) is 20.0 Å². The molecule has 0 aliphatic heterocycles. The molecular weight excluding hydrogens is 356 g/mol. The van der Waals surface area contributed by atoms with Crippen molar-refractivity contribution in [3.63, 3.8) is 0 Å². The highest BCUT2D eigenvalue weighted by atomic mass is 35.5. The molecule has 0 aromatic heterocycles. The number of benzene rings is 2. The zero-order valence-electron chi connectivity index (χ0n) is 11.9. The fraction of sp³-hybridized carbons (Fsp3) is 0. The molecule has 1 amide bonds. The molecule has 124 valence electrons. The van der Waals surface area contributed by atoms with Crippen molar-refractivity contribution in [3.8, 4) is 5.75 Å². The van der Waals surface area contributed by atoms with Crippen LogP contribution in [0.3, 0.4) is 0 Å². The average molecular weight is 367 g/mol. The molecule has 10 heteroatoms. The number of anilines is 1. The van der Waals surface area contributed by atoms with Crippen molar-refractivity contribution in [1.29, 1.82) is 0 Å². The minimum atomic E-state index is -0.568. The highest BCUT2D eigenvalue weighted by Gasteiger charge is 2.11. The molecule has 0 fully saturated rings. The van der Waals surface area contributed by atoms with Crippen molar-refractivity contribution in [2.24, 2.45) is 0 Å². The first-order chi connectivity index (χ1) is 11.4. The third-order valence-corrected chi connectivity index (χ3v) is 3.34. The highest BCUT2D eigenvalue weighted by molar-refractivity contribution is 7.80. The maximum atomic E-state index is 11.9. The summed E-state index contributed by atoms with van der Waals surface area (Å²) in [5.74, 6) is -0.577. The Kier molecular flexibility index (Phi) is 5.51. The van der Waals surface area contributed by atoms with E-state index < -0.39 is 10.8 Å². The number of phenolic OH excluding ortho intramolecular Hbond substituents is 1. The SMILES string of the molecule is O=C(NNC(=S)Nc1cc([N+](=O)[O-])ccc1Cl)c1cccc(O)c1. The number of non-ortho nitro benzene ring substituents is 1. The van der Waals surface area contributed by atoms with E-state index in [1.807, 2.05) is 0 Å². The lowest BCUT2D eigenvalue weighted by Gasteiger charge is -2.12. The zero-order chi connectivity index (χ0) is 17.7. The summed E-state index contributed by atoms with van der Waals surface area (Å²) in [5, 5.41) is 22.9. The summed E-state index contributed by atoms with van der Waals surface area (Å²) in [6.45, 7) is 0. The number of carbonyl (C=O) groups is 1. The number of amides is 1. The van der Waals surface area contributed by atoms with E-state index in [0.717, 1.165) is 0 Å². The smallest absolute Gasteiger partial charge is 0.271 e. The van der Waals surface area contributed by atoms with Crippen LogP contribution in [-0.2, 0) is 0 Å². The first kappa shape index (κ1) is 17.4. The van der Waals surface area contributed by atoms with Crippen molar-refractivity contribution in [2.45, 2.75) is 0 Å². The molecule has 0 aliphatic carbocycles. The molecule has 0 unspecified atom stereocenters.